The fourth-order valence-electron chi connectivity index (χ4n) is 3.72. The van der Waals surface area contributed by atoms with Gasteiger partial charge in [0, 0.05) is 34.5 Å². The molecule has 148 valence electrons. The predicted molar refractivity (Wildman–Crippen MR) is 119 cm³/mol. The fraction of sp³-hybridized carbons (Fsp3) is 0.240. The molecule has 0 saturated carbocycles. The lowest BCUT2D eigenvalue weighted by Crippen LogP contribution is -2.28. The zero-order valence-corrected chi connectivity index (χ0v) is 16.9. The standard InChI is InChI=1S/C25H26N2O2/c1-3-15-27-23-7-5-4-6-21(23)22-13-12-20(17-24(22)27)29-16-14-26-25(28)19-10-8-18(2)9-11-19/h4-13,17H,3,14-16H2,1-2H3,(H,26,28). The molecule has 0 aliphatic rings. The number of nitrogens with zero attached hydrogens (tertiary/aromatic N) is 1. The van der Waals surface area contributed by atoms with E-state index in [4.69, 9.17) is 4.74 Å². The summed E-state index contributed by atoms with van der Waals surface area (Å²) < 4.78 is 8.28. The first kappa shape index (κ1) is 19.1. The molecule has 4 heteroatoms. The molecule has 1 amide bonds. The number of rotatable bonds is 7. The Kier molecular flexibility index (Phi) is 5.52. The topological polar surface area (TPSA) is 43.3 Å². The van der Waals surface area contributed by atoms with Crippen LogP contribution >= 0.6 is 0 Å². The van der Waals surface area contributed by atoms with E-state index < -0.39 is 0 Å². The van der Waals surface area contributed by atoms with E-state index in [1.54, 1.807) is 0 Å². The lowest BCUT2D eigenvalue weighted by molar-refractivity contribution is 0.0947. The predicted octanol–water partition coefficient (Wildman–Crippen LogP) is 5.32. The molecule has 29 heavy (non-hydrogen) atoms. The van der Waals surface area contributed by atoms with Crippen molar-refractivity contribution in [1.82, 2.24) is 9.88 Å². The summed E-state index contributed by atoms with van der Waals surface area (Å²) in [5.74, 6) is 0.745. The second-order valence-electron chi connectivity index (χ2n) is 7.32. The molecule has 4 aromatic rings. The largest absolute Gasteiger partial charge is 0.492 e. The first-order chi connectivity index (χ1) is 14.2. The minimum absolute atomic E-state index is 0.0767. The van der Waals surface area contributed by atoms with Crippen LogP contribution in [-0.2, 0) is 6.54 Å². The summed E-state index contributed by atoms with van der Waals surface area (Å²) in [6.45, 7) is 6.06. The van der Waals surface area contributed by atoms with E-state index in [2.05, 4.69) is 53.2 Å². The molecule has 0 atom stereocenters. The lowest BCUT2D eigenvalue weighted by Gasteiger charge is -2.10. The first-order valence-corrected chi connectivity index (χ1v) is 10.2. The van der Waals surface area contributed by atoms with Crippen LogP contribution in [0.25, 0.3) is 21.8 Å². The number of fused-ring (bicyclic) bond motifs is 3. The van der Waals surface area contributed by atoms with Gasteiger partial charge in [-0.25, -0.2) is 0 Å². The highest BCUT2D eigenvalue weighted by molar-refractivity contribution is 6.08. The van der Waals surface area contributed by atoms with Crippen molar-refractivity contribution in [2.45, 2.75) is 26.8 Å². The number of hydrogen-bond acceptors (Lipinski definition) is 2. The summed E-state index contributed by atoms with van der Waals surface area (Å²) in [5, 5.41) is 5.43. The maximum absolute atomic E-state index is 12.2. The first-order valence-electron chi connectivity index (χ1n) is 10.2. The van der Waals surface area contributed by atoms with Crippen molar-refractivity contribution in [2.24, 2.45) is 0 Å². The molecule has 1 heterocycles. The molecule has 1 aromatic heterocycles. The van der Waals surface area contributed by atoms with Crippen molar-refractivity contribution in [3.05, 3.63) is 77.9 Å². The lowest BCUT2D eigenvalue weighted by atomic mass is 10.1. The van der Waals surface area contributed by atoms with E-state index in [1.165, 1.54) is 21.8 Å². The van der Waals surface area contributed by atoms with Crippen LogP contribution in [0.3, 0.4) is 0 Å². The van der Waals surface area contributed by atoms with Gasteiger partial charge < -0.3 is 14.6 Å². The highest BCUT2D eigenvalue weighted by Crippen LogP contribution is 2.31. The van der Waals surface area contributed by atoms with Crippen LogP contribution in [-0.4, -0.2) is 23.6 Å². The summed E-state index contributed by atoms with van der Waals surface area (Å²) in [4.78, 5) is 12.2. The van der Waals surface area contributed by atoms with E-state index in [0.29, 0.717) is 18.7 Å². The van der Waals surface area contributed by atoms with E-state index >= 15 is 0 Å². The van der Waals surface area contributed by atoms with Crippen LogP contribution in [0.1, 0.15) is 29.3 Å². The van der Waals surface area contributed by atoms with Crippen molar-refractivity contribution in [1.29, 1.82) is 0 Å². The van der Waals surface area contributed by atoms with Gasteiger partial charge in [-0.1, -0.05) is 42.8 Å². The van der Waals surface area contributed by atoms with Crippen molar-refractivity contribution in [3.8, 4) is 5.75 Å². The highest BCUT2D eigenvalue weighted by Gasteiger charge is 2.11. The van der Waals surface area contributed by atoms with Crippen LogP contribution in [0.5, 0.6) is 5.75 Å². The Morgan fingerprint density at radius 3 is 2.52 bits per heavy atom. The molecule has 0 aliphatic heterocycles. The number of ether oxygens (including phenoxy) is 1. The van der Waals surface area contributed by atoms with E-state index in [1.807, 2.05) is 37.3 Å². The zero-order chi connectivity index (χ0) is 20.2. The quantitative estimate of drug-likeness (QED) is 0.437. The summed E-state index contributed by atoms with van der Waals surface area (Å²) in [6.07, 6.45) is 1.07. The minimum Gasteiger partial charge on any atom is -0.492 e. The number of aryl methyl sites for hydroxylation is 2. The van der Waals surface area contributed by atoms with Gasteiger partial charge in [0.1, 0.15) is 12.4 Å². The minimum atomic E-state index is -0.0767. The van der Waals surface area contributed by atoms with Gasteiger partial charge in [0.05, 0.1) is 12.1 Å². The Balaban J connectivity index is 1.44. The molecule has 0 spiro atoms. The number of carbonyl (C=O) groups excluding carboxylic acids is 1. The third kappa shape index (κ3) is 3.97. The third-order valence-electron chi connectivity index (χ3n) is 5.16. The van der Waals surface area contributed by atoms with E-state index in [9.17, 15) is 4.79 Å². The highest BCUT2D eigenvalue weighted by atomic mass is 16.5. The monoisotopic (exact) mass is 386 g/mol. The van der Waals surface area contributed by atoms with Gasteiger partial charge in [-0.2, -0.15) is 0 Å². The second-order valence-corrected chi connectivity index (χ2v) is 7.32. The van der Waals surface area contributed by atoms with E-state index in [-0.39, 0.29) is 5.91 Å². The summed E-state index contributed by atoms with van der Waals surface area (Å²) in [5.41, 5.74) is 4.25. The summed E-state index contributed by atoms with van der Waals surface area (Å²) >= 11 is 0. The Hall–Kier alpha value is -3.27. The number of hydrogen-bond donors (Lipinski definition) is 1. The SMILES string of the molecule is CCCn1c2ccccc2c2ccc(OCCNC(=O)c3ccc(C)cc3)cc21. The number of para-hydroxylation sites is 1. The molecule has 0 radical (unpaired) electrons. The molecule has 4 rings (SSSR count). The maximum Gasteiger partial charge on any atom is 0.251 e. The zero-order valence-electron chi connectivity index (χ0n) is 16.9. The van der Waals surface area contributed by atoms with Crippen LogP contribution < -0.4 is 10.1 Å². The van der Waals surface area contributed by atoms with Gasteiger partial charge in [0.2, 0.25) is 0 Å². The second kappa shape index (κ2) is 8.39. The molecule has 0 aliphatic carbocycles. The Morgan fingerprint density at radius 2 is 1.72 bits per heavy atom. The molecule has 0 fully saturated rings. The van der Waals surface area contributed by atoms with Crippen LogP contribution in [0.4, 0.5) is 0 Å². The molecule has 0 bridgehead atoms. The third-order valence-corrected chi connectivity index (χ3v) is 5.16. The number of benzene rings is 3. The molecule has 3 aromatic carbocycles. The van der Waals surface area contributed by atoms with E-state index in [0.717, 1.165) is 24.3 Å². The molecule has 1 N–H and O–H groups in total. The van der Waals surface area contributed by atoms with Gasteiger partial charge in [0.25, 0.3) is 5.91 Å². The number of carbonyl (C=O) groups is 1. The van der Waals surface area contributed by atoms with Gasteiger partial charge >= 0.3 is 0 Å². The Labute approximate surface area is 171 Å². The van der Waals surface area contributed by atoms with Gasteiger partial charge in [-0.15, -0.1) is 0 Å². The number of nitrogens with one attached hydrogen (secondary N) is 1. The average molecular weight is 386 g/mol. The van der Waals surface area contributed by atoms with Crippen LogP contribution in [0, 0.1) is 6.92 Å². The Morgan fingerprint density at radius 1 is 0.966 bits per heavy atom. The van der Waals surface area contributed by atoms with Crippen LogP contribution in [0.2, 0.25) is 0 Å². The molecule has 0 saturated heterocycles. The van der Waals surface area contributed by atoms with Crippen LogP contribution in [0.15, 0.2) is 66.7 Å². The van der Waals surface area contributed by atoms with Crippen molar-refractivity contribution >= 4 is 27.7 Å². The molecule has 0 unspecified atom stereocenters. The van der Waals surface area contributed by atoms with Gasteiger partial charge in [0.15, 0.2) is 0 Å². The average Bonchev–Trinajstić information content (AvgIpc) is 3.05. The smallest absolute Gasteiger partial charge is 0.251 e. The normalized spacial score (nSPS) is 11.1. The van der Waals surface area contributed by atoms with Crippen molar-refractivity contribution in [2.75, 3.05) is 13.2 Å². The maximum atomic E-state index is 12.2. The number of amides is 1. The summed E-state index contributed by atoms with van der Waals surface area (Å²) in [6, 6.07) is 22.3. The van der Waals surface area contributed by atoms with Gasteiger partial charge in [-0.05, 0) is 43.7 Å². The van der Waals surface area contributed by atoms with Gasteiger partial charge in [-0.3, -0.25) is 4.79 Å². The molecule has 4 nitrogen and oxygen atoms in total. The fourth-order valence-corrected chi connectivity index (χ4v) is 3.72. The summed E-state index contributed by atoms with van der Waals surface area (Å²) in [7, 11) is 0. The van der Waals surface area contributed by atoms with Crippen molar-refractivity contribution in [3.63, 3.8) is 0 Å². The molecular formula is C25H26N2O2. The Bertz CT molecular complexity index is 1140. The molecular weight excluding hydrogens is 360 g/mol. The van der Waals surface area contributed by atoms with Crippen molar-refractivity contribution < 1.29 is 9.53 Å². The number of aromatic nitrogens is 1.